The second kappa shape index (κ2) is 18.3. The Morgan fingerprint density at radius 2 is 0.570 bits per heavy atom. The van der Waals surface area contributed by atoms with E-state index in [0.717, 1.165) is 117 Å². The summed E-state index contributed by atoms with van der Waals surface area (Å²) in [5, 5.41) is 19.3. The van der Waals surface area contributed by atoms with Gasteiger partial charge >= 0.3 is 0 Å². The molecule has 6 heteroatoms. The third kappa shape index (κ3) is 7.25. The van der Waals surface area contributed by atoms with Crippen LogP contribution in [0.5, 0.6) is 0 Å². The van der Waals surface area contributed by atoms with Crippen LogP contribution in [0.3, 0.4) is 0 Å². The first-order chi connectivity index (χ1) is 39.0. The molecule has 79 heavy (non-hydrogen) atoms. The van der Waals surface area contributed by atoms with E-state index >= 15 is 0 Å². The normalized spacial score (nSPS) is 11.7. The zero-order valence-electron chi connectivity index (χ0n) is 43.4. The van der Waals surface area contributed by atoms with E-state index in [0.29, 0.717) is 5.56 Å². The first kappa shape index (κ1) is 45.8. The van der Waals surface area contributed by atoms with Crippen molar-refractivity contribution in [3.63, 3.8) is 0 Å². The van der Waals surface area contributed by atoms with Crippen LogP contribution >= 0.6 is 0 Å². The van der Waals surface area contributed by atoms with Crippen LogP contribution in [0, 0.1) is 25.2 Å². The molecule has 0 atom stereocenters. The molecule has 0 aliphatic rings. The predicted molar refractivity (Wildman–Crippen MR) is 326 cm³/mol. The molecule has 0 aliphatic heterocycles. The first-order valence-electron chi connectivity index (χ1n) is 26.8. The van der Waals surface area contributed by atoms with E-state index in [1.54, 1.807) is 0 Å². The zero-order chi connectivity index (χ0) is 52.7. The molecule has 0 bridgehead atoms. The second-order valence-corrected chi connectivity index (χ2v) is 20.5. The van der Waals surface area contributed by atoms with Gasteiger partial charge in [0.2, 0.25) is 0 Å². The van der Waals surface area contributed by atoms with Crippen LogP contribution < -0.4 is 0 Å². The van der Waals surface area contributed by atoms with Crippen LogP contribution in [0.2, 0.25) is 0 Å². The molecule has 0 aliphatic carbocycles. The van der Waals surface area contributed by atoms with Gasteiger partial charge in [0.25, 0.3) is 0 Å². The molecule has 0 spiro atoms. The third-order valence-electron chi connectivity index (χ3n) is 15.9. The van der Waals surface area contributed by atoms with Crippen molar-refractivity contribution in [3.05, 3.63) is 272 Å². The molecule has 0 saturated carbocycles. The molecule has 10 aromatic carbocycles. The van der Waals surface area contributed by atoms with Gasteiger partial charge in [-0.3, -0.25) is 9.97 Å². The van der Waals surface area contributed by atoms with E-state index in [-0.39, 0.29) is 0 Å². The summed E-state index contributed by atoms with van der Waals surface area (Å²) in [4.78, 5) is 9.41. The highest BCUT2D eigenvalue weighted by molar-refractivity contribution is 6.13. The monoisotopic (exact) mass is 1010 g/mol. The van der Waals surface area contributed by atoms with Crippen molar-refractivity contribution in [1.82, 2.24) is 23.7 Å². The van der Waals surface area contributed by atoms with Gasteiger partial charge in [-0.05, 0) is 155 Å². The van der Waals surface area contributed by atoms with Gasteiger partial charge in [-0.2, -0.15) is 5.26 Å². The Morgan fingerprint density at radius 3 is 0.886 bits per heavy atom. The Bertz CT molecular complexity index is 4770. The fourth-order valence-electron chi connectivity index (χ4n) is 12.7. The molecule has 15 rings (SSSR count). The van der Waals surface area contributed by atoms with E-state index in [2.05, 4.69) is 267 Å². The van der Waals surface area contributed by atoms with Gasteiger partial charge < -0.3 is 13.7 Å². The van der Waals surface area contributed by atoms with Crippen LogP contribution in [0.25, 0.3) is 138 Å². The minimum Gasteiger partial charge on any atom is -0.309 e. The molecular weight excluding hydrogens is 961 g/mol. The minimum absolute atomic E-state index is 0.577. The van der Waals surface area contributed by atoms with Gasteiger partial charge in [0.1, 0.15) is 6.07 Å². The lowest BCUT2D eigenvalue weighted by molar-refractivity contribution is 1.12. The average molecular weight is 1010 g/mol. The highest BCUT2D eigenvalue weighted by Crippen LogP contribution is 2.53. The zero-order valence-corrected chi connectivity index (χ0v) is 43.4. The Hall–Kier alpha value is -10.6. The van der Waals surface area contributed by atoms with Crippen molar-refractivity contribution >= 4 is 65.4 Å². The number of para-hydroxylation sites is 6. The summed E-state index contributed by atoms with van der Waals surface area (Å²) in [6, 6.07) is 89.9. The average Bonchev–Trinajstić information content (AvgIpc) is 4.32. The third-order valence-corrected chi connectivity index (χ3v) is 15.9. The Kier molecular flexibility index (Phi) is 10.6. The number of pyridine rings is 2. The van der Waals surface area contributed by atoms with Gasteiger partial charge in [-0.15, -0.1) is 0 Å². The number of fused-ring (bicyclic) bond motifs is 9. The molecule has 6 nitrogen and oxygen atoms in total. The Balaban J connectivity index is 1.04. The molecule has 0 amide bonds. The molecule has 5 heterocycles. The van der Waals surface area contributed by atoms with Crippen LogP contribution in [0.4, 0.5) is 0 Å². The Labute approximate surface area is 456 Å². The van der Waals surface area contributed by atoms with E-state index < -0.39 is 0 Å². The lowest BCUT2D eigenvalue weighted by Gasteiger charge is -2.26. The number of nitriles is 1. The van der Waals surface area contributed by atoms with Gasteiger partial charge in [-0.1, -0.05) is 146 Å². The van der Waals surface area contributed by atoms with Crippen LogP contribution in [-0.2, 0) is 0 Å². The van der Waals surface area contributed by atoms with Crippen molar-refractivity contribution in [2.24, 2.45) is 0 Å². The number of rotatable bonds is 8. The predicted octanol–water partition coefficient (Wildman–Crippen LogP) is 18.6. The van der Waals surface area contributed by atoms with Crippen molar-refractivity contribution in [1.29, 1.82) is 5.26 Å². The number of benzene rings is 10. The van der Waals surface area contributed by atoms with Crippen molar-refractivity contribution in [2.75, 3.05) is 0 Å². The minimum atomic E-state index is 0.577. The van der Waals surface area contributed by atoms with Crippen molar-refractivity contribution in [3.8, 4) is 78.8 Å². The Morgan fingerprint density at radius 1 is 0.304 bits per heavy atom. The lowest BCUT2D eigenvalue weighted by Crippen LogP contribution is -2.04. The van der Waals surface area contributed by atoms with E-state index in [9.17, 15) is 5.26 Å². The molecule has 15 aromatic rings. The van der Waals surface area contributed by atoms with Gasteiger partial charge in [0, 0.05) is 84.3 Å². The molecule has 0 saturated heterocycles. The van der Waals surface area contributed by atoms with Gasteiger partial charge in [0.15, 0.2) is 0 Å². The summed E-state index contributed by atoms with van der Waals surface area (Å²) in [6.07, 6.45) is 3.70. The smallest absolute Gasteiger partial charge is 0.100 e. The highest BCUT2D eigenvalue weighted by atomic mass is 15.0. The van der Waals surface area contributed by atoms with Crippen LogP contribution in [-0.4, -0.2) is 23.7 Å². The van der Waals surface area contributed by atoms with Crippen molar-refractivity contribution in [2.45, 2.75) is 13.8 Å². The van der Waals surface area contributed by atoms with E-state index in [4.69, 9.17) is 4.98 Å². The molecule has 0 unspecified atom stereocenters. The maximum atomic E-state index is 12.1. The summed E-state index contributed by atoms with van der Waals surface area (Å²) in [6.45, 7) is 4.06. The molecule has 0 fully saturated rings. The molecular formula is C73H48N6. The van der Waals surface area contributed by atoms with E-state index in [1.165, 1.54) is 32.3 Å². The molecule has 0 N–H and O–H groups in total. The molecule has 370 valence electrons. The number of aromatic nitrogens is 5. The van der Waals surface area contributed by atoms with Crippen molar-refractivity contribution < 1.29 is 0 Å². The van der Waals surface area contributed by atoms with Crippen LogP contribution in [0.15, 0.2) is 255 Å². The number of nitrogens with zero attached hydrogens (tertiary/aromatic N) is 6. The number of hydrogen-bond donors (Lipinski definition) is 0. The quantitative estimate of drug-likeness (QED) is 0.152. The topological polar surface area (TPSA) is 64.4 Å². The van der Waals surface area contributed by atoms with Crippen LogP contribution in [0.1, 0.15) is 17.0 Å². The van der Waals surface area contributed by atoms with E-state index in [1.807, 2.05) is 26.2 Å². The summed E-state index contributed by atoms with van der Waals surface area (Å²) in [5.41, 5.74) is 21.7. The fraction of sp³-hybridized carbons (Fsp3) is 0.0274. The first-order valence-corrected chi connectivity index (χ1v) is 26.8. The maximum absolute atomic E-state index is 12.1. The number of aryl methyl sites for hydroxylation is 2. The summed E-state index contributed by atoms with van der Waals surface area (Å²) < 4.78 is 7.07. The summed E-state index contributed by atoms with van der Waals surface area (Å²) in [7, 11) is 0. The SMILES string of the molecule is Cc1cc(-c2c(C#N)c(-c3ccc(-n4c5ccccc5c5ccccc54)cc3)c(-c3ccc(-n4c5ccccc5c5ccccc54)cc3)c(-c3ccc(-n4c5ccccc5c5ccccc54)cc3)c2-c2ccncc2)cc(C)n1. The van der Waals surface area contributed by atoms with Gasteiger partial charge in [-0.25, -0.2) is 0 Å². The second-order valence-electron chi connectivity index (χ2n) is 20.5. The molecule has 5 aromatic heterocycles. The largest absolute Gasteiger partial charge is 0.309 e. The summed E-state index contributed by atoms with van der Waals surface area (Å²) in [5.74, 6) is 0. The standard InChI is InChI=1S/C73H48N6/c1-46-43-52(44-47(2)76-46)70-62(45-74)69(48-27-33-53(34-28-48)77-63-21-9-3-15-56(63)57-16-4-10-22-64(57)77)71(49-29-35-54(36-30-49)78-65-23-11-5-17-58(65)59-18-6-12-24-66(59)78)73(72(70)51-39-41-75-42-40-51)50-31-37-55(38-32-50)79-67-25-13-7-19-60(67)61-20-8-14-26-68(61)79/h3-44H,1-2H3. The highest BCUT2D eigenvalue weighted by Gasteiger charge is 2.30. The molecule has 0 radical (unpaired) electrons. The van der Waals surface area contributed by atoms with Gasteiger partial charge in [0.05, 0.1) is 38.7 Å². The number of hydrogen-bond acceptors (Lipinski definition) is 3. The summed E-state index contributed by atoms with van der Waals surface area (Å²) >= 11 is 0. The maximum Gasteiger partial charge on any atom is 0.100 e. The lowest BCUT2D eigenvalue weighted by atomic mass is 9.76. The fourth-order valence-corrected chi connectivity index (χ4v) is 12.7.